The summed E-state index contributed by atoms with van der Waals surface area (Å²) in [5.41, 5.74) is 0. The molecule has 0 fully saturated rings. The molecule has 4 nitrogen and oxygen atoms in total. The Morgan fingerprint density at radius 3 is 2.54 bits per heavy atom. The first-order valence-electron chi connectivity index (χ1n) is 4.42. The van der Waals surface area contributed by atoms with Crippen LogP contribution < -0.4 is 0 Å². The minimum atomic E-state index is -0.183. The number of rotatable bonds is 4. The Balaban J connectivity index is 3.66. The molecule has 4 heteroatoms. The van der Waals surface area contributed by atoms with Crippen LogP contribution in [0.5, 0.6) is 0 Å². The molecule has 0 bridgehead atoms. The zero-order chi connectivity index (χ0) is 10.3. The zero-order valence-corrected chi connectivity index (χ0v) is 8.83. The van der Waals surface area contributed by atoms with Crippen LogP contribution >= 0.6 is 0 Å². The van der Waals surface area contributed by atoms with E-state index >= 15 is 0 Å². The first-order chi connectivity index (χ1) is 6.07. The number of carbonyl (C=O) groups excluding carboxylic acids is 1. The molecule has 0 aliphatic rings. The van der Waals surface area contributed by atoms with Gasteiger partial charge in [-0.2, -0.15) is 0 Å². The van der Waals surface area contributed by atoms with Crippen LogP contribution in [0.2, 0.25) is 0 Å². The lowest BCUT2D eigenvalue weighted by Crippen LogP contribution is -2.19. The molecule has 0 heterocycles. The van der Waals surface area contributed by atoms with E-state index in [1.807, 2.05) is 25.9 Å². The number of nitrogens with zero attached hydrogens (tertiary/aromatic N) is 2. The summed E-state index contributed by atoms with van der Waals surface area (Å²) in [6.07, 6.45) is 0.360. The monoisotopic (exact) mass is 186 g/mol. The maximum Gasteiger partial charge on any atom is 0.307 e. The Kier molecular flexibility index (Phi) is 5.93. The molecule has 0 aromatic rings. The number of hydrogen-bond acceptors (Lipinski definition) is 3. The first kappa shape index (κ1) is 11.9. The summed E-state index contributed by atoms with van der Waals surface area (Å²) in [7, 11) is 3.84. The summed E-state index contributed by atoms with van der Waals surface area (Å²) >= 11 is 0. The molecule has 0 saturated carbocycles. The van der Waals surface area contributed by atoms with Crippen molar-refractivity contribution in [3.63, 3.8) is 0 Å². The molecule has 0 aliphatic carbocycles. The molecule has 0 saturated heterocycles. The van der Waals surface area contributed by atoms with Crippen LogP contribution in [0.15, 0.2) is 4.99 Å². The lowest BCUT2D eigenvalue weighted by molar-refractivity contribution is -0.142. The van der Waals surface area contributed by atoms with Crippen LogP contribution in [0.4, 0.5) is 0 Å². The van der Waals surface area contributed by atoms with Crippen LogP contribution in [0.25, 0.3) is 0 Å². The van der Waals surface area contributed by atoms with Gasteiger partial charge in [0.05, 0.1) is 25.4 Å². The van der Waals surface area contributed by atoms with Crippen molar-refractivity contribution in [2.75, 3.05) is 27.2 Å². The quantitative estimate of drug-likeness (QED) is 0.372. The van der Waals surface area contributed by atoms with E-state index in [1.165, 1.54) is 0 Å². The fourth-order valence-electron chi connectivity index (χ4n) is 0.684. The molecule has 0 radical (unpaired) electrons. The average molecular weight is 186 g/mol. The molecule has 0 rings (SSSR count). The van der Waals surface area contributed by atoms with Gasteiger partial charge in [-0.05, 0) is 13.8 Å². The molecule has 13 heavy (non-hydrogen) atoms. The van der Waals surface area contributed by atoms with Crippen LogP contribution in [0, 0.1) is 0 Å². The van der Waals surface area contributed by atoms with Crippen molar-refractivity contribution in [1.29, 1.82) is 0 Å². The van der Waals surface area contributed by atoms with Crippen molar-refractivity contribution in [2.24, 2.45) is 4.99 Å². The van der Waals surface area contributed by atoms with Gasteiger partial charge in [0, 0.05) is 14.1 Å². The van der Waals surface area contributed by atoms with Crippen LogP contribution in [0.3, 0.4) is 0 Å². The predicted octanol–water partition coefficient (Wildman–Crippen LogP) is 0.920. The molecule has 0 amide bonds. The Labute approximate surface area is 79.6 Å². The zero-order valence-electron chi connectivity index (χ0n) is 8.83. The minimum Gasteiger partial charge on any atom is -0.466 e. The second-order valence-corrected chi connectivity index (χ2v) is 2.88. The Morgan fingerprint density at radius 2 is 2.08 bits per heavy atom. The van der Waals surface area contributed by atoms with Gasteiger partial charge in [-0.15, -0.1) is 0 Å². The third-order valence-corrected chi connectivity index (χ3v) is 1.61. The number of amidine groups is 1. The first-order valence-corrected chi connectivity index (χ1v) is 4.42. The summed E-state index contributed by atoms with van der Waals surface area (Å²) in [6, 6.07) is 0. The smallest absolute Gasteiger partial charge is 0.307 e. The highest BCUT2D eigenvalue weighted by atomic mass is 16.5. The molecule has 0 unspecified atom stereocenters. The third kappa shape index (κ3) is 6.13. The molecule has 0 aliphatic heterocycles. The molecule has 0 aromatic carbocycles. The summed E-state index contributed by atoms with van der Waals surface area (Å²) < 4.78 is 4.76. The minimum absolute atomic E-state index is 0.183. The highest BCUT2D eigenvalue weighted by Crippen LogP contribution is 1.89. The van der Waals surface area contributed by atoms with Crippen LogP contribution in [-0.4, -0.2) is 44.0 Å². The van der Waals surface area contributed by atoms with E-state index in [0.717, 1.165) is 5.84 Å². The van der Waals surface area contributed by atoms with Gasteiger partial charge in [0.1, 0.15) is 0 Å². The van der Waals surface area contributed by atoms with Crippen LogP contribution in [0.1, 0.15) is 20.3 Å². The molecule has 76 valence electrons. The number of carbonyl (C=O) groups is 1. The number of esters is 1. The highest BCUT2D eigenvalue weighted by Gasteiger charge is 2.00. The van der Waals surface area contributed by atoms with Crippen molar-refractivity contribution < 1.29 is 9.53 Å². The lowest BCUT2D eigenvalue weighted by Gasteiger charge is -2.10. The predicted molar refractivity (Wildman–Crippen MR) is 52.9 cm³/mol. The van der Waals surface area contributed by atoms with Gasteiger partial charge in [-0.25, -0.2) is 0 Å². The largest absolute Gasteiger partial charge is 0.466 e. The molecular weight excluding hydrogens is 168 g/mol. The van der Waals surface area contributed by atoms with E-state index in [-0.39, 0.29) is 5.97 Å². The van der Waals surface area contributed by atoms with Gasteiger partial charge < -0.3 is 9.64 Å². The number of ether oxygens (including phenoxy) is 1. The second kappa shape index (κ2) is 6.46. The fraction of sp³-hybridized carbons (Fsp3) is 0.778. The number of aliphatic imine (C=N–C) groups is 1. The van der Waals surface area contributed by atoms with Gasteiger partial charge in [0.2, 0.25) is 0 Å². The molecule has 0 atom stereocenters. The van der Waals surface area contributed by atoms with Gasteiger partial charge in [-0.3, -0.25) is 9.79 Å². The normalized spacial score (nSPS) is 11.2. The Bertz CT molecular complexity index is 188. The molecule has 0 spiro atoms. The van der Waals surface area contributed by atoms with Crippen molar-refractivity contribution >= 4 is 11.8 Å². The maximum absolute atomic E-state index is 10.9. The third-order valence-electron chi connectivity index (χ3n) is 1.61. The number of hydrogen-bond donors (Lipinski definition) is 0. The summed E-state index contributed by atoms with van der Waals surface area (Å²) in [6.45, 7) is 4.65. The molecule has 0 aromatic heterocycles. The van der Waals surface area contributed by atoms with E-state index in [2.05, 4.69) is 4.99 Å². The summed E-state index contributed by atoms with van der Waals surface area (Å²) in [4.78, 5) is 17.0. The average Bonchev–Trinajstić information content (AvgIpc) is 2.04. The highest BCUT2D eigenvalue weighted by molar-refractivity contribution is 5.79. The Morgan fingerprint density at radius 1 is 1.46 bits per heavy atom. The van der Waals surface area contributed by atoms with Gasteiger partial charge in [-0.1, -0.05) is 0 Å². The van der Waals surface area contributed by atoms with E-state index in [9.17, 15) is 4.79 Å². The van der Waals surface area contributed by atoms with Crippen molar-refractivity contribution in [3.8, 4) is 0 Å². The second-order valence-electron chi connectivity index (χ2n) is 2.88. The van der Waals surface area contributed by atoms with Crippen LogP contribution in [-0.2, 0) is 9.53 Å². The van der Waals surface area contributed by atoms with Gasteiger partial charge in [0.15, 0.2) is 0 Å². The van der Waals surface area contributed by atoms with E-state index in [0.29, 0.717) is 19.6 Å². The Hall–Kier alpha value is -1.06. The standard InChI is InChI=1S/C9H18N2O2/c1-5-13-9(12)6-7-10-8(2)11(3)4/h5-7H2,1-4H3. The molecular formula is C9H18N2O2. The van der Waals surface area contributed by atoms with Crippen molar-refractivity contribution in [3.05, 3.63) is 0 Å². The van der Waals surface area contributed by atoms with Gasteiger partial charge >= 0.3 is 5.97 Å². The van der Waals surface area contributed by atoms with Gasteiger partial charge in [0.25, 0.3) is 0 Å². The summed E-state index contributed by atoms with van der Waals surface area (Å²) in [5.74, 6) is 0.738. The maximum atomic E-state index is 10.9. The molecule has 0 N–H and O–H groups in total. The topological polar surface area (TPSA) is 41.9 Å². The van der Waals surface area contributed by atoms with Crippen molar-refractivity contribution in [1.82, 2.24) is 4.90 Å². The van der Waals surface area contributed by atoms with Crippen molar-refractivity contribution in [2.45, 2.75) is 20.3 Å². The fourth-order valence-corrected chi connectivity index (χ4v) is 0.684. The summed E-state index contributed by atoms with van der Waals surface area (Å²) in [5, 5.41) is 0. The SMILES string of the molecule is CCOC(=O)CCN=C(C)N(C)C. The lowest BCUT2D eigenvalue weighted by atomic mass is 10.4. The van der Waals surface area contributed by atoms with E-state index < -0.39 is 0 Å². The van der Waals surface area contributed by atoms with E-state index in [4.69, 9.17) is 4.74 Å². The van der Waals surface area contributed by atoms with E-state index in [1.54, 1.807) is 6.92 Å².